The zero-order chi connectivity index (χ0) is 24.5. The lowest BCUT2D eigenvalue weighted by Gasteiger charge is -2.32. The van der Waals surface area contributed by atoms with Gasteiger partial charge in [-0.3, -0.25) is 9.59 Å². The van der Waals surface area contributed by atoms with Crippen molar-refractivity contribution in [2.45, 2.75) is 19.8 Å². The van der Waals surface area contributed by atoms with Crippen molar-refractivity contribution in [2.75, 3.05) is 50.9 Å². The molecule has 35 heavy (non-hydrogen) atoms. The molecule has 5 rings (SSSR count). The number of aryl methyl sites for hydroxylation is 1. The Morgan fingerprint density at radius 1 is 1.17 bits per heavy atom. The normalized spacial score (nSPS) is 15.1. The van der Waals surface area contributed by atoms with Crippen LogP contribution in [0.15, 0.2) is 28.7 Å². The number of nitrogens with zero attached hydrogens (tertiary/aromatic N) is 4. The number of carbonyl (C=O) groups is 2. The maximum atomic E-state index is 12.7. The van der Waals surface area contributed by atoms with Gasteiger partial charge in [0.05, 0.1) is 9.58 Å². The molecule has 4 aromatic rings. The van der Waals surface area contributed by atoms with Crippen molar-refractivity contribution in [1.82, 2.24) is 19.8 Å². The zero-order valence-corrected chi connectivity index (χ0v) is 21.6. The maximum absolute atomic E-state index is 12.7. The topological polar surface area (TPSA) is 104 Å². The molecule has 184 valence electrons. The van der Waals surface area contributed by atoms with Crippen molar-refractivity contribution in [3.8, 4) is 0 Å². The number of nitrogens with one attached hydrogen (secondary N) is 2. The number of oxazole rings is 1. The number of thiazole rings is 1. The van der Waals surface area contributed by atoms with Crippen LogP contribution in [0.25, 0.3) is 20.6 Å². The van der Waals surface area contributed by atoms with Crippen LogP contribution < -0.4 is 10.6 Å². The van der Waals surface area contributed by atoms with Crippen molar-refractivity contribution in [3.63, 3.8) is 0 Å². The first-order valence-corrected chi connectivity index (χ1v) is 13.3. The summed E-state index contributed by atoms with van der Waals surface area (Å²) < 4.78 is 6.48. The van der Waals surface area contributed by atoms with Crippen LogP contribution in [0.5, 0.6) is 0 Å². The Bertz CT molecular complexity index is 1330. The minimum absolute atomic E-state index is 0.153. The van der Waals surface area contributed by atoms with E-state index in [9.17, 15) is 9.59 Å². The summed E-state index contributed by atoms with van der Waals surface area (Å²) in [5.41, 5.74) is 2.10. The van der Waals surface area contributed by atoms with Crippen LogP contribution in [0.2, 0.25) is 0 Å². The van der Waals surface area contributed by atoms with Gasteiger partial charge in [-0.05, 0) is 50.2 Å². The molecule has 3 aromatic heterocycles. The lowest BCUT2D eigenvalue weighted by Crippen LogP contribution is -2.41. The fraction of sp³-hybridized carbons (Fsp3) is 0.417. The quantitative estimate of drug-likeness (QED) is 0.381. The number of rotatable bonds is 7. The largest absolute Gasteiger partial charge is 0.441 e. The number of carbonyl (C=O) groups excluding carboxylic acids is 2. The summed E-state index contributed by atoms with van der Waals surface area (Å²) in [5, 5.41) is 7.21. The first-order valence-electron chi connectivity index (χ1n) is 11.6. The Hall–Kier alpha value is -3.02. The third kappa shape index (κ3) is 5.31. The van der Waals surface area contributed by atoms with Gasteiger partial charge in [0, 0.05) is 45.7 Å². The van der Waals surface area contributed by atoms with Gasteiger partial charge in [0.2, 0.25) is 5.91 Å². The second kappa shape index (κ2) is 9.92. The Kier molecular flexibility index (Phi) is 6.72. The fourth-order valence-electron chi connectivity index (χ4n) is 4.33. The second-order valence-electron chi connectivity index (χ2n) is 8.94. The molecular weight excluding hydrogens is 484 g/mol. The van der Waals surface area contributed by atoms with Crippen LogP contribution in [0, 0.1) is 12.8 Å². The Balaban J connectivity index is 1.12. The highest BCUT2D eigenvalue weighted by atomic mass is 32.1. The van der Waals surface area contributed by atoms with E-state index in [1.165, 1.54) is 11.3 Å². The number of thiophene rings is 1. The number of fused-ring (bicyclic) bond motifs is 2. The van der Waals surface area contributed by atoms with E-state index >= 15 is 0 Å². The van der Waals surface area contributed by atoms with E-state index in [-0.39, 0.29) is 17.7 Å². The molecule has 11 heteroatoms. The van der Waals surface area contributed by atoms with E-state index < -0.39 is 0 Å². The molecule has 0 spiro atoms. The van der Waals surface area contributed by atoms with Crippen LogP contribution in [0.3, 0.4) is 0 Å². The first-order chi connectivity index (χ1) is 16.9. The van der Waals surface area contributed by atoms with Crippen LogP contribution in [0.4, 0.5) is 10.8 Å². The standard InChI is InChI=1S/C24H28N6O3S2/c1-14-26-17-12-16(4-5-18(17)33-14)27-21(31)19-13-20-22(34-19)28-24(35-20)25-8-11-30-9-6-15(7-10-30)23(32)29(2)3/h4-5,12-13,15H,6-11H2,1-3H3,(H,25,28)(H,27,31). The van der Waals surface area contributed by atoms with Gasteiger partial charge in [-0.25, -0.2) is 9.97 Å². The minimum Gasteiger partial charge on any atom is -0.441 e. The van der Waals surface area contributed by atoms with Crippen molar-refractivity contribution in [3.05, 3.63) is 35.0 Å². The molecule has 0 aliphatic carbocycles. The third-order valence-corrected chi connectivity index (χ3v) is 8.26. The second-order valence-corrected chi connectivity index (χ2v) is 11.0. The molecule has 1 aliphatic rings. The molecule has 2 N–H and O–H groups in total. The summed E-state index contributed by atoms with van der Waals surface area (Å²) in [6, 6.07) is 7.32. The number of anilines is 2. The van der Waals surface area contributed by atoms with E-state index in [4.69, 9.17) is 4.42 Å². The van der Waals surface area contributed by atoms with Gasteiger partial charge >= 0.3 is 0 Å². The lowest BCUT2D eigenvalue weighted by molar-refractivity contribution is -0.134. The Morgan fingerprint density at radius 3 is 2.71 bits per heavy atom. The van der Waals surface area contributed by atoms with Crippen molar-refractivity contribution >= 4 is 65.9 Å². The van der Waals surface area contributed by atoms with Crippen LogP contribution in [-0.2, 0) is 4.79 Å². The molecule has 1 fully saturated rings. The Labute approximate surface area is 211 Å². The summed E-state index contributed by atoms with van der Waals surface area (Å²) in [5.74, 6) is 0.828. The van der Waals surface area contributed by atoms with Gasteiger partial charge < -0.3 is 24.9 Å². The first kappa shape index (κ1) is 23.7. The predicted octanol–water partition coefficient (Wildman–Crippen LogP) is 4.27. The van der Waals surface area contributed by atoms with Crippen molar-refractivity contribution in [2.24, 2.45) is 5.92 Å². The number of benzene rings is 1. The van der Waals surface area contributed by atoms with Gasteiger partial charge in [0.15, 0.2) is 16.6 Å². The summed E-state index contributed by atoms with van der Waals surface area (Å²) >= 11 is 2.94. The molecule has 1 aromatic carbocycles. The SMILES string of the molecule is Cc1nc2cc(NC(=O)c3cc4sc(NCCN5CCC(C(=O)N(C)C)CC5)nc4s3)ccc2o1. The average molecular weight is 513 g/mol. The number of piperidine rings is 1. The molecule has 0 atom stereocenters. The van der Waals surface area contributed by atoms with Crippen LogP contribution in [0.1, 0.15) is 28.4 Å². The van der Waals surface area contributed by atoms with Gasteiger partial charge in [-0.15, -0.1) is 11.3 Å². The summed E-state index contributed by atoms with van der Waals surface area (Å²) in [6.07, 6.45) is 1.84. The van der Waals surface area contributed by atoms with Gasteiger partial charge in [-0.2, -0.15) is 0 Å². The fourth-order valence-corrected chi connectivity index (χ4v) is 6.36. The number of likely N-dealkylation sites (tertiary alicyclic amines) is 1. The van der Waals surface area contributed by atoms with E-state index in [0.29, 0.717) is 22.0 Å². The zero-order valence-electron chi connectivity index (χ0n) is 20.0. The highest BCUT2D eigenvalue weighted by Crippen LogP contribution is 2.33. The molecule has 0 unspecified atom stereocenters. The molecular formula is C24H28N6O3S2. The van der Waals surface area contributed by atoms with Crippen LogP contribution >= 0.6 is 22.7 Å². The van der Waals surface area contributed by atoms with Gasteiger partial charge in [-0.1, -0.05) is 11.3 Å². The van der Waals surface area contributed by atoms with E-state index in [1.54, 1.807) is 23.2 Å². The molecule has 0 radical (unpaired) electrons. The molecule has 1 aliphatic heterocycles. The average Bonchev–Trinajstić information content (AvgIpc) is 3.51. The predicted molar refractivity (Wildman–Crippen MR) is 141 cm³/mol. The number of hydrogen-bond acceptors (Lipinski definition) is 9. The molecule has 4 heterocycles. The van der Waals surface area contributed by atoms with Crippen molar-refractivity contribution in [1.29, 1.82) is 0 Å². The highest BCUT2D eigenvalue weighted by molar-refractivity contribution is 7.29. The third-order valence-electron chi connectivity index (χ3n) is 6.15. The Morgan fingerprint density at radius 2 is 1.97 bits per heavy atom. The molecule has 2 amide bonds. The van der Waals surface area contributed by atoms with Crippen molar-refractivity contribution < 1.29 is 14.0 Å². The van der Waals surface area contributed by atoms with Gasteiger partial charge in [0.1, 0.15) is 10.3 Å². The number of aromatic nitrogens is 2. The van der Waals surface area contributed by atoms with E-state index in [1.807, 2.05) is 38.4 Å². The summed E-state index contributed by atoms with van der Waals surface area (Å²) in [4.78, 5) is 39.4. The van der Waals surface area contributed by atoms with Gasteiger partial charge in [0.25, 0.3) is 5.91 Å². The minimum atomic E-state index is -0.162. The molecule has 0 saturated carbocycles. The smallest absolute Gasteiger partial charge is 0.265 e. The van der Waals surface area contributed by atoms with Crippen LogP contribution in [-0.4, -0.2) is 71.9 Å². The monoisotopic (exact) mass is 512 g/mol. The van der Waals surface area contributed by atoms with E-state index in [2.05, 4.69) is 25.5 Å². The molecule has 0 bridgehead atoms. The number of amides is 2. The number of hydrogen-bond donors (Lipinski definition) is 2. The summed E-state index contributed by atoms with van der Waals surface area (Å²) in [6.45, 7) is 5.40. The summed E-state index contributed by atoms with van der Waals surface area (Å²) in [7, 11) is 3.65. The molecule has 1 saturated heterocycles. The maximum Gasteiger partial charge on any atom is 0.265 e. The lowest BCUT2D eigenvalue weighted by atomic mass is 9.95. The van der Waals surface area contributed by atoms with E-state index in [0.717, 1.165) is 59.2 Å². The molecule has 9 nitrogen and oxygen atoms in total. The highest BCUT2D eigenvalue weighted by Gasteiger charge is 2.25.